The van der Waals surface area contributed by atoms with E-state index in [4.69, 9.17) is 4.74 Å². The zero-order chi connectivity index (χ0) is 17.2. The first-order valence-electron chi connectivity index (χ1n) is 8.87. The standard InChI is InChI=1S/C19H26FNO3/c1-2-24-17-13-16(22)19(17)8-10-21(11-9-19)18(23)7-6-14-4-3-5-15(20)12-14/h3-5,12,16-17,22H,2,6-11,13H2,1H3. The first kappa shape index (κ1) is 17.4. The Labute approximate surface area is 142 Å². The molecule has 1 saturated heterocycles. The summed E-state index contributed by atoms with van der Waals surface area (Å²) in [6.07, 6.45) is 3.08. The van der Waals surface area contributed by atoms with Gasteiger partial charge in [0.15, 0.2) is 0 Å². The quantitative estimate of drug-likeness (QED) is 0.900. The summed E-state index contributed by atoms with van der Waals surface area (Å²) in [6, 6.07) is 6.41. The van der Waals surface area contributed by atoms with Gasteiger partial charge in [-0.05, 0) is 43.9 Å². The number of hydrogen-bond donors (Lipinski definition) is 1. The van der Waals surface area contributed by atoms with Gasteiger partial charge >= 0.3 is 0 Å². The fraction of sp³-hybridized carbons (Fsp3) is 0.632. The molecule has 1 aliphatic carbocycles. The van der Waals surface area contributed by atoms with Crippen molar-refractivity contribution in [3.8, 4) is 0 Å². The molecule has 24 heavy (non-hydrogen) atoms. The van der Waals surface area contributed by atoms with Gasteiger partial charge in [-0.1, -0.05) is 12.1 Å². The van der Waals surface area contributed by atoms with Crippen LogP contribution in [0.2, 0.25) is 0 Å². The van der Waals surface area contributed by atoms with E-state index < -0.39 is 0 Å². The molecule has 2 atom stereocenters. The van der Waals surface area contributed by atoms with Crippen LogP contribution in [0.15, 0.2) is 24.3 Å². The van der Waals surface area contributed by atoms with Crippen molar-refractivity contribution in [1.82, 2.24) is 4.90 Å². The molecule has 1 saturated carbocycles. The second-order valence-corrected chi connectivity index (χ2v) is 6.94. The third-order valence-corrected chi connectivity index (χ3v) is 5.67. The Bertz CT molecular complexity index is 582. The van der Waals surface area contributed by atoms with E-state index >= 15 is 0 Å². The number of carbonyl (C=O) groups is 1. The highest BCUT2D eigenvalue weighted by molar-refractivity contribution is 5.76. The number of aliphatic hydroxyl groups excluding tert-OH is 1. The van der Waals surface area contributed by atoms with Crippen LogP contribution in [-0.4, -0.2) is 47.8 Å². The number of likely N-dealkylation sites (tertiary alicyclic amines) is 1. The summed E-state index contributed by atoms with van der Waals surface area (Å²) in [5.41, 5.74) is 0.692. The van der Waals surface area contributed by atoms with Crippen LogP contribution in [0.25, 0.3) is 0 Å². The lowest BCUT2D eigenvalue weighted by atomic mass is 9.58. The van der Waals surface area contributed by atoms with Crippen LogP contribution in [0.5, 0.6) is 0 Å². The lowest BCUT2D eigenvalue weighted by Gasteiger charge is -2.56. The smallest absolute Gasteiger partial charge is 0.222 e. The van der Waals surface area contributed by atoms with E-state index in [0.29, 0.717) is 39.0 Å². The van der Waals surface area contributed by atoms with Crippen molar-refractivity contribution in [2.45, 2.75) is 51.2 Å². The molecule has 3 rings (SSSR count). The number of ether oxygens (including phenoxy) is 1. The number of benzene rings is 1. The summed E-state index contributed by atoms with van der Waals surface area (Å²) in [5.74, 6) is -0.156. The minimum absolute atomic E-state index is 0.107. The van der Waals surface area contributed by atoms with E-state index in [9.17, 15) is 14.3 Å². The Morgan fingerprint density at radius 2 is 2.17 bits per heavy atom. The van der Waals surface area contributed by atoms with E-state index in [1.165, 1.54) is 12.1 Å². The van der Waals surface area contributed by atoms with Gasteiger partial charge in [-0.25, -0.2) is 4.39 Å². The molecular formula is C19H26FNO3. The number of rotatable bonds is 5. The summed E-state index contributed by atoms with van der Waals surface area (Å²) in [7, 11) is 0. The van der Waals surface area contributed by atoms with Gasteiger partial charge in [0.1, 0.15) is 5.82 Å². The third kappa shape index (κ3) is 3.33. The van der Waals surface area contributed by atoms with Crippen molar-refractivity contribution in [3.05, 3.63) is 35.6 Å². The summed E-state index contributed by atoms with van der Waals surface area (Å²) in [6.45, 7) is 3.98. The van der Waals surface area contributed by atoms with Gasteiger partial charge < -0.3 is 14.7 Å². The van der Waals surface area contributed by atoms with E-state index in [1.54, 1.807) is 6.07 Å². The third-order valence-electron chi connectivity index (χ3n) is 5.67. The molecule has 4 nitrogen and oxygen atoms in total. The zero-order valence-electron chi connectivity index (χ0n) is 14.2. The van der Waals surface area contributed by atoms with Crippen molar-refractivity contribution in [3.63, 3.8) is 0 Å². The first-order chi connectivity index (χ1) is 11.5. The maximum atomic E-state index is 13.2. The van der Waals surface area contributed by atoms with E-state index in [2.05, 4.69) is 0 Å². The molecule has 1 amide bonds. The van der Waals surface area contributed by atoms with Gasteiger partial charge in [0, 0.05) is 38.0 Å². The van der Waals surface area contributed by atoms with Crippen LogP contribution in [0.1, 0.15) is 38.2 Å². The van der Waals surface area contributed by atoms with Crippen LogP contribution in [-0.2, 0) is 16.0 Å². The molecule has 1 heterocycles. The molecule has 132 valence electrons. The number of aryl methyl sites for hydroxylation is 1. The topological polar surface area (TPSA) is 49.8 Å². The lowest BCUT2D eigenvalue weighted by Crippen LogP contribution is -2.62. The highest BCUT2D eigenvalue weighted by atomic mass is 19.1. The molecular weight excluding hydrogens is 309 g/mol. The first-order valence-corrected chi connectivity index (χ1v) is 8.87. The molecule has 1 N–H and O–H groups in total. The Balaban J connectivity index is 1.50. The predicted octanol–water partition coefficient (Wildman–Crippen LogP) is 2.54. The van der Waals surface area contributed by atoms with Crippen molar-refractivity contribution in [2.75, 3.05) is 19.7 Å². The maximum Gasteiger partial charge on any atom is 0.222 e. The number of hydrogen-bond acceptors (Lipinski definition) is 3. The number of nitrogens with zero attached hydrogens (tertiary/aromatic N) is 1. The van der Waals surface area contributed by atoms with Crippen LogP contribution >= 0.6 is 0 Å². The van der Waals surface area contributed by atoms with Gasteiger partial charge in [-0.15, -0.1) is 0 Å². The summed E-state index contributed by atoms with van der Waals surface area (Å²) < 4.78 is 18.9. The molecule has 0 bridgehead atoms. The van der Waals surface area contributed by atoms with Gasteiger partial charge in [-0.2, -0.15) is 0 Å². The molecule has 2 fully saturated rings. The highest BCUT2D eigenvalue weighted by Crippen LogP contribution is 2.50. The van der Waals surface area contributed by atoms with E-state index in [0.717, 1.165) is 18.4 Å². The average Bonchev–Trinajstić information content (AvgIpc) is 2.60. The second kappa shape index (κ2) is 7.19. The molecule has 1 aliphatic heterocycles. The second-order valence-electron chi connectivity index (χ2n) is 6.94. The lowest BCUT2D eigenvalue weighted by molar-refractivity contribution is -0.210. The van der Waals surface area contributed by atoms with Crippen LogP contribution in [0.3, 0.4) is 0 Å². The zero-order valence-corrected chi connectivity index (χ0v) is 14.2. The maximum absolute atomic E-state index is 13.2. The molecule has 0 aromatic heterocycles. The normalized spacial score (nSPS) is 25.5. The van der Waals surface area contributed by atoms with Crippen molar-refractivity contribution in [1.29, 1.82) is 0 Å². The SMILES string of the molecule is CCOC1CC(O)C12CCN(C(=O)CCc1cccc(F)c1)CC2. The van der Waals surface area contributed by atoms with Crippen LogP contribution in [0.4, 0.5) is 4.39 Å². The van der Waals surface area contributed by atoms with Crippen molar-refractivity contribution < 1.29 is 19.0 Å². The number of carbonyl (C=O) groups excluding carboxylic acids is 1. The fourth-order valence-corrected chi connectivity index (χ4v) is 4.09. The van der Waals surface area contributed by atoms with E-state index in [1.807, 2.05) is 17.9 Å². The molecule has 1 aromatic carbocycles. The number of amides is 1. The molecule has 5 heteroatoms. The Kier molecular flexibility index (Phi) is 5.21. The van der Waals surface area contributed by atoms with Gasteiger partial charge in [-0.3, -0.25) is 4.79 Å². The van der Waals surface area contributed by atoms with Gasteiger partial charge in [0.25, 0.3) is 0 Å². The minimum Gasteiger partial charge on any atom is -0.392 e. The molecule has 1 spiro atoms. The van der Waals surface area contributed by atoms with Crippen LogP contribution < -0.4 is 0 Å². The summed E-state index contributed by atoms with van der Waals surface area (Å²) >= 11 is 0. The monoisotopic (exact) mass is 335 g/mol. The minimum atomic E-state index is -0.307. The number of halogens is 1. The molecule has 0 radical (unpaired) electrons. The largest absolute Gasteiger partial charge is 0.392 e. The summed E-state index contributed by atoms with van der Waals surface area (Å²) in [4.78, 5) is 14.3. The summed E-state index contributed by atoms with van der Waals surface area (Å²) in [5, 5.41) is 10.2. The fourth-order valence-electron chi connectivity index (χ4n) is 4.09. The highest BCUT2D eigenvalue weighted by Gasteiger charge is 2.56. The van der Waals surface area contributed by atoms with Crippen molar-refractivity contribution >= 4 is 5.91 Å². The van der Waals surface area contributed by atoms with E-state index in [-0.39, 0.29) is 29.3 Å². The Morgan fingerprint density at radius 1 is 1.42 bits per heavy atom. The number of aliphatic hydroxyl groups is 1. The average molecular weight is 335 g/mol. The molecule has 2 aliphatic rings. The number of piperidine rings is 1. The van der Waals surface area contributed by atoms with Crippen LogP contribution in [0, 0.1) is 11.2 Å². The Morgan fingerprint density at radius 3 is 2.79 bits per heavy atom. The Hall–Kier alpha value is -1.46. The van der Waals surface area contributed by atoms with Gasteiger partial charge in [0.05, 0.1) is 12.2 Å². The predicted molar refractivity (Wildman–Crippen MR) is 89.0 cm³/mol. The molecule has 1 aromatic rings. The van der Waals surface area contributed by atoms with Gasteiger partial charge in [0.2, 0.25) is 5.91 Å². The van der Waals surface area contributed by atoms with Crippen molar-refractivity contribution in [2.24, 2.45) is 5.41 Å². The molecule has 2 unspecified atom stereocenters.